The molecule has 0 radical (unpaired) electrons. The zero-order chi connectivity index (χ0) is 20.9. The topological polar surface area (TPSA) is 91.4 Å². The van der Waals surface area contributed by atoms with Crippen LogP contribution in [0.3, 0.4) is 0 Å². The van der Waals surface area contributed by atoms with Gasteiger partial charge in [0.05, 0.1) is 10.6 Å². The molecule has 0 spiro atoms. The summed E-state index contributed by atoms with van der Waals surface area (Å²) in [6, 6.07) is 1.69. The van der Waals surface area contributed by atoms with Crippen molar-refractivity contribution in [2.24, 2.45) is 5.92 Å². The van der Waals surface area contributed by atoms with Crippen molar-refractivity contribution >= 4 is 40.4 Å². The molecular weight excluding hydrogens is 420 g/mol. The van der Waals surface area contributed by atoms with E-state index in [4.69, 9.17) is 0 Å². The normalized spacial score (nSPS) is 18.2. The van der Waals surface area contributed by atoms with Gasteiger partial charge in [-0.15, -0.1) is 11.3 Å². The van der Waals surface area contributed by atoms with Crippen LogP contribution in [0, 0.1) is 5.92 Å². The second kappa shape index (κ2) is 9.70. The number of piperidine rings is 1. The van der Waals surface area contributed by atoms with E-state index in [0.29, 0.717) is 17.2 Å². The summed E-state index contributed by atoms with van der Waals surface area (Å²) in [6.07, 6.45) is 7.42. The zero-order valence-corrected chi connectivity index (χ0v) is 18.4. The lowest BCUT2D eigenvalue weighted by atomic mass is 9.87. The molecule has 160 valence electrons. The maximum atomic E-state index is 12.7. The molecule has 9 heteroatoms. The van der Waals surface area contributed by atoms with Crippen molar-refractivity contribution in [3.8, 4) is 0 Å². The quantitative estimate of drug-likeness (QED) is 0.703. The van der Waals surface area contributed by atoms with E-state index in [1.54, 1.807) is 22.2 Å². The van der Waals surface area contributed by atoms with Crippen LogP contribution in [0.5, 0.6) is 0 Å². The largest absolute Gasteiger partial charge is 0.342 e. The lowest BCUT2D eigenvalue weighted by Gasteiger charge is -2.34. The maximum absolute atomic E-state index is 12.7. The van der Waals surface area contributed by atoms with Crippen LogP contribution in [0.1, 0.15) is 76.7 Å². The van der Waals surface area contributed by atoms with Crippen molar-refractivity contribution in [2.75, 3.05) is 13.1 Å². The number of hydrazine groups is 1. The van der Waals surface area contributed by atoms with Crippen molar-refractivity contribution in [1.82, 2.24) is 20.7 Å². The highest BCUT2D eigenvalue weighted by molar-refractivity contribution is 7.10. The fraction of sp³-hybridized carbons (Fsp3) is 0.524. The van der Waals surface area contributed by atoms with Gasteiger partial charge in [-0.05, 0) is 37.1 Å². The van der Waals surface area contributed by atoms with Gasteiger partial charge in [-0.2, -0.15) is 11.3 Å². The number of hydrogen-bond acceptors (Lipinski definition) is 6. The molecule has 2 aromatic rings. The van der Waals surface area contributed by atoms with Crippen LogP contribution in [-0.4, -0.2) is 40.7 Å². The van der Waals surface area contributed by atoms with Gasteiger partial charge in [-0.25, -0.2) is 4.98 Å². The second-order valence-corrected chi connectivity index (χ2v) is 9.60. The number of amides is 3. The minimum Gasteiger partial charge on any atom is -0.342 e. The molecular formula is C21H26N4O3S2. The molecule has 0 bridgehead atoms. The molecule has 0 unspecified atom stereocenters. The van der Waals surface area contributed by atoms with E-state index < -0.39 is 5.91 Å². The van der Waals surface area contributed by atoms with E-state index in [1.807, 2.05) is 4.90 Å². The molecule has 0 aromatic carbocycles. The van der Waals surface area contributed by atoms with Gasteiger partial charge in [0.1, 0.15) is 5.69 Å². The van der Waals surface area contributed by atoms with Gasteiger partial charge in [-0.1, -0.05) is 19.3 Å². The van der Waals surface area contributed by atoms with Crippen molar-refractivity contribution in [3.63, 3.8) is 0 Å². The van der Waals surface area contributed by atoms with Gasteiger partial charge in [0.2, 0.25) is 5.91 Å². The summed E-state index contributed by atoms with van der Waals surface area (Å²) in [4.78, 5) is 43.5. The lowest BCUT2D eigenvalue weighted by Crippen LogP contribution is -2.42. The van der Waals surface area contributed by atoms with E-state index in [1.165, 1.54) is 41.9 Å². The van der Waals surface area contributed by atoms with Crippen LogP contribution in [0.25, 0.3) is 0 Å². The molecule has 2 fully saturated rings. The summed E-state index contributed by atoms with van der Waals surface area (Å²) < 4.78 is 0. The first-order chi connectivity index (χ1) is 14.6. The Bertz CT molecular complexity index is 882. The highest BCUT2D eigenvalue weighted by atomic mass is 32.1. The zero-order valence-electron chi connectivity index (χ0n) is 16.8. The Kier molecular flexibility index (Phi) is 6.79. The number of nitrogens with one attached hydrogen (secondary N) is 2. The van der Waals surface area contributed by atoms with Crippen LogP contribution < -0.4 is 10.9 Å². The number of carbonyl (C=O) groups is 3. The first-order valence-electron chi connectivity index (χ1n) is 10.5. The molecule has 3 amide bonds. The summed E-state index contributed by atoms with van der Waals surface area (Å²) in [5.74, 6) is 0.0388. The first-order valence-corrected chi connectivity index (χ1v) is 12.3. The highest BCUT2D eigenvalue weighted by Gasteiger charge is 2.30. The second-order valence-electron chi connectivity index (χ2n) is 7.93. The number of thiazole rings is 1. The molecule has 1 saturated carbocycles. The van der Waals surface area contributed by atoms with E-state index in [9.17, 15) is 14.4 Å². The lowest BCUT2D eigenvalue weighted by molar-refractivity contribution is -0.137. The minimum absolute atomic E-state index is 0.217. The molecule has 2 N–H and O–H groups in total. The van der Waals surface area contributed by atoms with Gasteiger partial charge < -0.3 is 4.90 Å². The van der Waals surface area contributed by atoms with Crippen LogP contribution in [-0.2, 0) is 4.79 Å². The third-order valence-corrected chi connectivity index (χ3v) is 7.63. The Balaban J connectivity index is 1.26. The molecule has 1 saturated heterocycles. The van der Waals surface area contributed by atoms with E-state index in [0.717, 1.165) is 43.8 Å². The highest BCUT2D eigenvalue weighted by Crippen LogP contribution is 2.32. The summed E-state index contributed by atoms with van der Waals surface area (Å²) in [5, 5.41) is 6.17. The van der Waals surface area contributed by atoms with Crippen molar-refractivity contribution < 1.29 is 14.4 Å². The van der Waals surface area contributed by atoms with E-state index in [2.05, 4.69) is 15.8 Å². The van der Waals surface area contributed by atoms with E-state index in [-0.39, 0.29) is 17.7 Å². The number of aromatic nitrogens is 1. The molecule has 4 rings (SSSR count). The Morgan fingerprint density at radius 3 is 2.40 bits per heavy atom. The SMILES string of the molecule is O=C(NNC(=O)c1csc(C2CCN(C(=O)C3CCCCC3)CC2)n1)c1ccsc1. The Morgan fingerprint density at radius 2 is 1.70 bits per heavy atom. The molecule has 2 aliphatic rings. The number of nitrogens with zero attached hydrogens (tertiary/aromatic N) is 2. The number of hydrogen-bond donors (Lipinski definition) is 2. The van der Waals surface area contributed by atoms with Crippen molar-refractivity contribution in [3.05, 3.63) is 38.5 Å². The predicted molar refractivity (Wildman–Crippen MR) is 116 cm³/mol. The number of rotatable bonds is 4. The van der Waals surface area contributed by atoms with Gasteiger partial charge in [0.15, 0.2) is 0 Å². The molecule has 1 aliphatic carbocycles. The van der Waals surface area contributed by atoms with E-state index >= 15 is 0 Å². The van der Waals surface area contributed by atoms with Gasteiger partial charge in [-0.3, -0.25) is 25.2 Å². The maximum Gasteiger partial charge on any atom is 0.289 e. The molecule has 0 atom stereocenters. The third-order valence-electron chi connectivity index (χ3n) is 5.94. The van der Waals surface area contributed by atoms with Crippen molar-refractivity contribution in [2.45, 2.75) is 50.9 Å². The summed E-state index contributed by atoms with van der Waals surface area (Å²) >= 11 is 2.89. The summed E-state index contributed by atoms with van der Waals surface area (Å²) in [5.41, 5.74) is 5.64. The molecule has 30 heavy (non-hydrogen) atoms. The minimum atomic E-state index is -0.425. The monoisotopic (exact) mass is 446 g/mol. The number of thiophene rings is 1. The smallest absolute Gasteiger partial charge is 0.289 e. The standard InChI is InChI=1S/C21H26N4O3S2/c26-18(16-8-11-29-12-16)23-24-19(27)17-13-30-20(22-17)14-6-9-25(10-7-14)21(28)15-4-2-1-3-5-15/h8,11-15H,1-7,9-10H2,(H,23,26)(H,24,27). The Labute approximate surface area is 183 Å². The van der Waals surface area contributed by atoms with Crippen LogP contribution >= 0.6 is 22.7 Å². The molecule has 2 aromatic heterocycles. The summed E-state index contributed by atoms with van der Waals surface area (Å²) in [6.45, 7) is 1.52. The van der Waals surface area contributed by atoms with Crippen LogP contribution in [0.15, 0.2) is 22.2 Å². The fourth-order valence-electron chi connectivity index (χ4n) is 4.18. The molecule has 3 heterocycles. The Hall–Kier alpha value is -2.26. The molecule has 7 nitrogen and oxygen atoms in total. The summed E-state index contributed by atoms with van der Waals surface area (Å²) in [7, 11) is 0. The average Bonchev–Trinajstić information content (AvgIpc) is 3.50. The number of likely N-dealkylation sites (tertiary alicyclic amines) is 1. The average molecular weight is 447 g/mol. The van der Waals surface area contributed by atoms with Gasteiger partial charge >= 0.3 is 0 Å². The predicted octanol–water partition coefficient (Wildman–Crippen LogP) is 3.57. The van der Waals surface area contributed by atoms with Crippen LogP contribution in [0.4, 0.5) is 0 Å². The van der Waals surface area contributed by atoms with Gasteiger partial charge in [0.25, 0.3) is 11.8 Å². The van der Waals surface area contributed by atoms with Gasteiger partial charge in [0, 0.05) is 35.7 Å². The fourth-order valence-corrected chi connectivity index (χ4v) is 5.78. The van der Waals surface area contributed by atoms with Crippen LogP contribution in [0.2, 0.25) is 0 Å². The number of carbonyl (C=O) groups excluding carboxylic acids is 3. The first kappa shape index (κ1) is 21.0. The Morgan fingerprint density at radius 1 is 0.967 bits per heavy atom. The third kappa shape index (κ3) is 4.89. The van der Waals surface area contributed by atoms with Crippen molar-refractivity contribution in [1.29, 1.82) is 0 Å². The molecule has 1 aliphatic heterocycles.